The van der Waals surface area contributed by atoms with Gasteiger partial charge in [0.2, 0.25) is 0 Å². The fourth-order valence-electron chi connectivity index (χ4n) is 0.858. The number of hydrogen-bond donors (Lipinski definition) is 1. The number of unbranched alkanes of at least 4 members (excludes halogenated alkanes) is 1. The maximum absolute atomic E-state index is 11.3. The number of rotatable bonds is 4. The van der Waals surface area contributed by atoms with Crippen LogP contribution in [0.1, 0.15) is 36.0 Å². The molecule has 1 aromatic rings. The lowest BCUT2D eigenvalue weighted by Gasteiger charge is -1.92. The van der Waals surface area contributed by atoms with E-state index in [2.05, 4.69) is 11.9 Å². The average Bonchev–Trinajstić information content (AvgIpc) is 2.47. The highest BCUT2D eigenvalue weighted by molar-refractivity contribution is 7.12. The zero-order valence-electron chi connectivity index (χ0n) is 7.04. The van der Waals surface area contributed by atoms with Gasteiger partial charge in [0.15, 0.2) is 10.8 Å². The smallest absolute Gasteiger partial charge is 0.191 e. The van der Waals surface area contributed by atoms with Crippen LogP contribution in [0.25, 0.3) is 0 Å². The molecule has 66 valence electrons. The first-order valence-corrected chi connectivity index (χ1v) is 4.86. The number of Topliss-reactive ketones (excluding diaryl/α,β-unsaturated/α-hetero) is 1. The number of carbonyl (C=O) groups excluding carboxylic acids is 1. The number of nitrogens with zero attached hydrogens (tertiary/aromatic N) is 1. The van der Waals surface area contributed by atoms with Gasteiger partial charge >= 0.3 is 0 Å². The molecule has 3 nitrogen and oxygen atoms in total. The minimum Gasteiger partial charge on any atom is -0.383 e. The molecule has 0 spiro atoms. The highest BCUT2D eigenvalue weighted by Crippen LogP contribution is 2.14. The molecule has 0 aliphatic rings. The fraction of sp³-hybridized carbons (Fsp3) is 0.500. The molecule has 0 saturated carbocycles. The Labute approximate surface area is 75.6 Å². The van der Waals surface area contributed by atoms with Crippen molar-refractivity contribution in [1.82, 2.24) is 4.98 Å². The highest BCUT2D eigenvalue weighted by atomic mass is 32.1. The third kappa shape index (κ3) is 2.30. The van der Waals surface area contributed by atoms with Crippen molar-refractivity contribution in [2.45, 2.75) is 26.2 Å². The van der Waals surface area contributed by atoms with E-state index in [-0.39, 0.29) is 5.78 Å². The lowest BCUT2D eigenvalue weighted by atomic mass is 10.2. The van der Waals surface area contributed by atoms with Crippen molar-refractivity contribution < 1.29 is 4.79 Å². The molecule has 1 aromatic heterocycles. The molecule has 1 heterocycles. The van der Waals surface area contributed by atoms with Crippen LogP contribution in [-0.4, -0.2) is 10.8 Å². The summed E-state index contributed by atoms with van der Waals surface area (Å²) < 4.78 is 0. The zero-order chi connectivity index (χ0) is 8.97. The Kier molecular flexibility index (Phi) is 3.22. The highest BCUT2D eigenvalue weighted by Gasteiger charge is 2.08. The van der Waals surface area contributed by atoms with Gasteiger partial charge in [0, 0.05) is 11.8 Å². The van der Waals surface area contributed by atoms with Crippen molar-refractivity contribution in [3.05, 3.63) is 10.4 Å². The molecule has 0 radical (unpaired) electrons. The van der Waals surface area contributed by atoms with Crippen molar-refractivity contribution >= 4 is 22.9 Å². The van der Waals surface area contributed by atoms with Crippen molar-refractivity contribution in [3.63, 3.8) is 0 Å². The molecule has 4 heteroatoms. The van der Waals surface area contributed by atoms with E-state index in [1.165, 1.54) is 11.3 Å². The van der Waals surface area contributed by atoms with E-state index in [9.17, 15) is 4.79 Å². The van der Waals surface area contributed by atoms with Gasteiger partial charge in [0.25, 0.3) is 0 Å². The van der Waals surface area contributed by atoms with E-state index in [0.29, 0.717) is 17.2 Å². The van der Waals surface area contributed by atoms with Crippen LogP contribution in [0.4, 0.5) is 5.82 Å². The van der Waals surface area contributed by atoms with Crippen LogP contribution >= 0.6 is 11.3 Å². The van der Waals surface area contributed by atoms with Crippen LogP contribution < -0.4 is 5.73 Å². The van der Waals surface area contributed by atoms with Gasteiger partial charge in [-0.2, -0.15) is 0 Å². The third-order valence-corrected chi connectivity index (χ3v) is 2.42. The summed E-state index contributed by atoms with van der Waals surface area (Å²) in [6, 6.07) is 0. The van der Waals surface area contributed by atoms with Gasteiger partial charge in [0.05, 0.1) is 0 Å². The first-order valence-electron chi connectivity index (χ1n) is 3.98. The molecule has 1 rings (SSSR count). The number of thiazole rings is 1. The molecule has 0 atom stereocenters. The predicted molar refractivity (Wildman–Crippen MR) is 50.4 cm³/mol. The van der Waals surface area contributed by atoms with E-state index >= 15 is 0 Å². The summed E-state index contributed by atoms with van der Waals surface area (Å²) in [5.74, 6) is 0.554. The van der Waals surface area contributed by atoms with Gasteiger partial charge < -0.3 is 5.73 Å². The summed E-state index contributed by atoms with van der Waals surface area (Å²) in [5.41, 5.74) is 5.39. The molecular weight excluding hydrogens is 172 g/mol. The van der Waals surface area contributed by atoms with Crippen molar-refractivity contribution in [1.29, 1.82) is 0 Å². The van der Waals surface area contributed by atoms with Crippen LogP contribution in [0.5, 0.6) is 0 Å². The summed E-state index contributed by atoms with van der Waals surface area (Å²) >= 11 is 1.32. The summed E-state index contributed by atoms with van der Waals surface area (Å²) in [6.45, 7) is 2.06. The Hall–Kier alpha value is -0.900. The van der Waals surface area contributed by atoms with E-state index in [1.54, 1.807) is 5.38 Å². The molecular formula is C8H12N2OS. The van der Waals surface area contributed by atoms with Crippen LogP contribution in [0.2, 0.25) is 0 Å². The lowest BCUT2D eigenvalue weighted by Crippen LogP contribution is -1.98. The predicted octanol–water partition coefficient (Wildman–Crippen LogP) is 2.10. The molecule has 0 amide bonds. The van der Waals surface area contributed by atoms with Gasteiger partial charge in [-0.1, -0.05) is 13.3 Å². The van der Waals surface area contributed by atoms with Crippen molar-refractivity contribution in [2.75, 3.05) is 5.73 Å². The zero-order valence-corrected chi connectivity index (χ0v) is 7.86. The van der Waals surface area contributed by atoms with Crippen LogP contribution in [0.3, 0.4) is 0 Å². The van der Waals surface area contributed by atoms with E-state index in [4.69, 9.17) is 5.73 Å². The van der Waals surface area contributed by atoms with Gasteiger partial charge in [-0.25, -0.2) is 4.98 Å². The normalized spacial score (nSPS) is 10.1. The Morgan fingerprint density at radius 1 is 1.75 bits per heavy atom. The third-order valence-electron chi connectivity index (χ3n) is 1.52. The lowest BCUT2D eigenvalue weighted by molar-refractivity contribution is 0.0979. The second-order valence-corrected chi connectivity index (χ2v) is 3.46. The van der Waals surface area contributed by atoms with Crippen molar-refractivity contribution in [2.24, 2.45) is 0 Å². The van der Waals surface area contributed by atoms with E-state index in [0.717, 1.165) is 12.8 Å². The number of carbonyl (C=O) groups is 1. The number of nitrogens with two attached hydrogens (primary N) is 1. The van der Waals surface area contributed by atoms with Crippen LogP contribution in [-0.2, 0) is 0 Å². The minimum absolute atomic E-state index is 0.110. The second-order valence-electron chi connectivity index (χ2n) is 2.60. The Morgan fingerprint density at radius 3 is 3.00 bits per heavy atom. The number of ketones is 1. The molecule has 2 N–H and O–H groups in total. The summed E-state index contributed by atoms with van der Waals surface area (Å²) in [5, 5.41) is 2.24. The number of anilines is 1. The molecule has 0 unspecified atom stereocenters. The Morgan fingerprint density at radius 2 is 2.50 bits per heavy atom. The first-order chi connectivity index (χ1) is 5.74. The van der Waals surface area contributed by atoms with Gasteiger partial charge in [-0.05, 0) is 6.42 Å². The quantitative estimate of drug-likeness (QED) is 0.729. The maximum Gasteiger partial charge on any atom is 0.191 e. The monoisotopic (exact) mass is 184 g/mol. The molecule has 0 fully saturated rings. The Bertz CT molecular complexity index is 270. The summed E-state index contributed by atoms with van der Waals surface area (Å²) in [6.07, 6.45) is 2.55. The molecule has 0 aliphatic heterocycles. The van der Waals surface area contributed by atoms with E-state index < -0.39 is 0 Å². The number of hydrogen-bond acceptors (Lipinski definition) is 4. The van der Waals surface area contributed by atoms with Gasteiger partial charge in [0.1, 0.15) is 5.82 Å². The second kappa shape index (κ2) is 4.21. The SMILES string of the molecule is CCCCC(=O)c1nc(N)cs1. The standard InChI is InChI=1S/C8H12N2OS/c1-2-3-4-6(11)8-10-7(9)5-12-8/h5H,2-4,9H2,1H3. The molecule has 0 saturated heterocycles. The molecule has 0 aliphatic carbocycles. The topological polar surface area (TPSA) is 56.0 Å². The largest absolute Gasteiger partial charge is 0.383 e. The average molecular weight is 184 g/mol. The Balaban J connectivity index is 2.53. The van der Waals surface area contributed by atoms with Gasteiger partial charge in [-0.15, -0.1) is 11.3 Å². The molecule has 0 bridgehead atoms. The van der Waals surface area contributed by atoms with Crippen LogP contribution in [0.15, 0.2) is 5.38 Å². The first kappa shape index (κ1) is 9.19. The minimum atomic E-state index is 0.110. The summed E-state index contributed by atoms with van der Waals surface area (Å²) in [7, 11) is 0. The van der Waals surface area contributed by atoms with Gasteiger partial charge in [-0.3, -0.25) is 4.79 Å². The summed E-state index contributed by atoms with van der Waals surface area (Å²) in [4.78, 5) is 15.2. The van der Waals surface area contributed by atoms with E-state index in [1.807, 2.05) is 0 Å². The van der Waals surface area contributed by atoms with Crippen LogP contribution in [0, 0.1) is 0 Å². The molecule has 12 heavy (non-hydrogen) atoms. The number of aromatic nitrogens is 1. The van der Waals surface area contributed by atoms with Crippen molar-refractivity contribution in [3.8, 4) is 0 Å². The number of nitrogen functional groups attached to an aromatic ring is 1. The maximum atomic E-state index is 11.3. The fourth-order valence-corrected chi connectivity index (χ4v) is 1.54. The molecule has 0 aromatic carbocycles.